The van der Waals surface area contributed by atoms with E-state index in [4.69, 9.17) is 0 Å². The Morgan fingerprint density at radius 2 is 1.96 bits per heavy atom. The summed E-state index contributed by atoms with van der Waals surface area (Å²) >= 11 is 0. The van der Waals surface area contributed by atoms with E-state index < -0.39 is 10.0 Å². The van der Waals surface area contributed by atoms with E-state index in [1.165, 1.54) is 6.07 Å². The molecular formula is C17H27N3O3S. The third-order valence-corrected chi connectivity index (χ3v) is 6.02. The van der Waals surface area contributed by atoms with Crippen molar-refractivity contribution in [3.05, 3.63) is 29.3 Å². The van der Waals surface area contributed by atoms with Crippen LogP contribution in [0.5, 0.6) is 0 Å². The molecule has 6 nitrogen and oxygen atoms in total. The fourth-order valence-corrected chi connectivity index (χ4v) is 4.14. The molecule has 1 aromatic rings. The molecule has 0 atom stereocenters. The molecule has 2 N–H and O–H groups in total. The summed E-state index contributed by atoms with van der Waals surface area (Å²) < 4.78 is 26.8. The smallest absolute Gasteiger partial charge is 0.254 e. The summed E-state index contributed by atoms with van der Waals surface area (Å²) in [5, 5.41) is 3.18. The average Bonchev–Trinajstić information content (AvgIpc) is 2.55. The summed E-state index contributed by atoms with van der Waals surface area (Å²) in [4.78, 5) is 14.8. The molecule has 1 aliphatic rings. The molecule has 0 spiro atoms. The zero-order valence-corrected chi connectivity index (χ0v) is 15.4. The van der Waals surface area contributed by atoms with E-state index in [9.17, 15) is 13.2 Å². The van der Waals surface area contributed by atoms with Gasteiger partial charge in [-0.05, 0) is 57.0 Å². The number of carbonyl (C=O) groups excluding carboxylic acids is 1. The third-order valence-electron chi connectivity index (χ3n) is 4.48. The van der Waals surface area contributed by atoms with E-state index in [0.717, 1.165) is 38.0 Å². The summed E-state index contributed by atoms with van der Waals surface area (Å²) in [6, 6.07) is 4.74. The minimum absolute atomic E-state index is 0.0797. The van der Waals surface area contributed by atoms with Crippen molar-refractivity contribution in [1.29, 1.82) is 0 Å². The number of piperidine rings is 1. The van der Waals surface area contributed by atoms with Crippen molar-refractivity contribution in [1.82, 2.24) is 14.9 Å². The van der Waals surface area contributed by atoms with Crippen LogP contribution in [-0.2, 0) is 10.0 Å². The van der Waals surface area contributed by atoms with E-state index in [0.29, 0.717) is 18.0 Å². The maximum Gasteiger partial charge on any atom is 0.254 e. The summed E-state index contributed by atoms with van der Waals surface area (Å²) in [5.74, 6) is 0.518. The molecule has 2 rings (SSSR count). The highest BCUT2D eigenvalue weighted by atomic mass is 32.2. The van der Waals surface area contributed by atoms with Crippen LogP contribution < -0.4 is 10.0 Å². The number of rotatable bonds is 6. The Morgan fingerprint density at radius 3 is 2.54 bits per heavy atom. The van der Waals surface area contributed by atoms with Gasteiger partial charge in [-0.15, -0.1) is 0 Å². The van der Waals surface area contributed by atoms with Gasteiger partial charge in [0.05, 0.1) is 4.90 Å². The molecule has 1 fully saturated rings. The molecule has 1 heterocycles. The number of hydrogen-bond donors (Lipinski definition) is 2. The maximum atomic E-state index is 12.8. The first kappa shape index (κ1) is 18.9. The van der Waals surface area contributed by atoms with Crippen molar-refractivity contribution in [2.45, 2.75) is 31.6 Å². The lowest BCUT2D eigenvalue weighted by molar-refractivity contribution is 0.0690. The Labute approximate surface area is 144 Å². The monoisotopic (exact) mass is 353 g/mol. The second kappa shape index (κ2) is 8.09. The molecule has 134 valence electrons. The minimum atomic E-state index is -3.56. The molecule has 1 aliphatic heterocycles. The molecule has 0 unspecified atom stereocenters. The summed E-state index contributed by atoms with van der Waals surface area (Å²) in [6.07, 6.45) is 1.95. The third kappa shape index (κ3) is 4.34. The van der Waals surface area contributed by atoms with Gasteiger partial charge in [-0.25, -0.2) is 13.1 Å². The number of amides is 1. The number of nitrogens with one attached hydrogen (secondary N) is 2. The second-order valence-electron chi connectivity index (χ2n) is 6.27. The van der Waals surface area contributed by atoms with Gasteiger partial charge in [-0.1, -0.05) is 13.0 Å². The van der Waals surface area contributed by atoms with Crippen LogP contribution in [0.4, 0.5) is 0 Å². The van der Waals surface area contributed by atoms with Crippen molar-refractivity contribution in [3.8, 4) is 0 Å². The Kier molecular flexibility index (Phi) is 6.37. The van der Waals surface area contributed by atoms with Crippen LogP contribution in [0.3, 0.4) is 0 Å². The molecule has 0 bridgehead atoms. The predicted octanol–water partition coefficient (Wildman–Crippen LogP) is 1.36. The van der Waals surface area contributed by atoms with Crippen LogP contribution >= 0.6 is 0 Å². The van der Waals surface area contributed by atoms with Crippen molar-refractivity contribution >= 4 is 15.9 Å². The molecule has 24 heavy (non-hydrogen) atoms. The summed E-state index contributed by atoms with van der Waals surface area (Å²) in [5.41, 5.74) is 1.27. The molecule has 7 heteroatoms. The number of sulfonamides is 1. The lowest BCUT2D eigenvalue weighted by Gasteiger charge is -2.32. The lowest BCUT2D eigenvalue weighted by Crippen LogP contribution is -2.40. The molecule has 1 saturated heterocycles. The molecule has 0 radical (unpaired) electrons. The van der Waals surface area contributed by atoms with Gasteiger partial charge in [-0.3, -0.25) is 4.79 Å². The number of carbonyl (C=O) groups is 1. The SMILES string of the molecule is CCNS(=O)(=O)c1ccc(C)c(C(=O)N2CCC(CNC)CC2)c1. The van der Waals surface area contributed by atoms with Crippen LogP contribution in [0, 0.1) is 12.8 Å². The first-order chi connectivity index (χ1) is 11.4. The van der Waals surface area contributed by atoms with E-state index in [1.54, 1.807) is 19.1 Å². The highest BCUT2D eigenvalue weighted by Gasteiger charge is 2.25. The number of benzene rings is 1. The average molecular weight is 353 g/mol. The van der Waals surface area contributed by atoms with Gasteiger partial charge in [-0.2, -0.15) is 0 Å². The number of hydrogen-bond acceptors (Lipinski definition) is 4. The van der Waals surface area contributed by atoms with Gasteiger partial charge in [0.2, 0.25) is 10.0 Å². The second-order valence-corrected chi connectivity index (χ2v) is 8.04. The molecule has 1 aromatic carbocycles. The van der Waals surface area contributed by atoms with E-state index in [2.05, 4.69) is 10.0 Å². The van der Waals surface area contributed by atoms with E-state index in [-0.39, 0.29) is 10.8 Å². The van der Waals surface area contributed by atoms with Gasteiger partial charge in [0.15, 0.2) is 0 Å². The highest BCUT2D eigenvalue weighted by molar-refractivity contribution is 7.89. The largest absolute Gasteiger partial charge is 0.339 e. The van der Waals surface area contributed by atoms with Gasteiger partial charge < -0.3 is 10.2 Å². The van der Waals surface area contributed by atoms with Crippen LogP contribution in [0.1, 0.15) is 35.7 Å². The summed E-state index contributed by atoms with van der Waals surface area (Å²) in [7, 11) is -1.62. The first-order valence-electron chi connectivity index (χ1n) is 8.43. The summed E-state index contributed by atoms with van der Waals surface area (Å²) in [6.45, 7) is 6.29. The van der Waals surface area contributed by atoms with Gasteiger partial charge >= 0.3 is 0 Å². The Morgan fingerprint density at radius 1 is 1.29 bits per heavy atom. The lowest BCUT2D eigenvalue weighted by atomic mass is 9.96. The number of aryl methyl sites for hydroxylation is 1. The van der Waals surface area contributed by atoms with Gasteiger partial charge in [0.1, 0.15) is 0 Å². The normalized spacial score (nSPS) is 16.4. The van der Waals surface area contributed by atoms with E-state index in [1.807, 2.05) is 18.9 Å². The minimum Gasteiger partial charge on any atom is -0.339 e. The Balaban J connectivity index is 2.18. The van der Waals surface area contributed by atoms with Crippen molar-refractivity contribution in [2.75, 3.05) is 33.2 Å². The predicted molar refractivity (Wildman–Crippen MR) is 94.6 cm³/mol. The highest BCUT2D eigenvalue weighted by Crippen LogP contribution is 2.22. The standard InChI is InChI=1S/C17H27N3O3S/c1-4-19-24(22,23)15-6-5-13(2)16(11-15)17(21)20-9-7-14(8-10-20)12-18-3/h5-6,11,14,18-19H,4,7-10,12H2,1-3H3. The van der Waals surface area contributed by atoms with Crippen LogP contribution in [0.15, 0.2) is 23.1 Å². The zero-order valence-electron chi connectivity index (χ0n) is 14.6. The van der Waals surface area contributed by atoms with Crippen molar-refractivity contribution in [3.63, 3.8) is 0 Å². The molecule has 0 aromatic heterocycles. The van der Waals surface area contributed by atoms with Crippen molar-refractivity contribution < 1.29 is 13.2 Å². The quantitative estimate of drug-likeness (QED) is 0.809. The molecule has 1 amide bonds. The van der Waals surface area contributed by atoms with E-state index >= 15 is 0 Å². The topological polar surface area (TPSA) is 78.5 Å². The fraction of sp³-hybridized carbons (Fsp3) is 0.588. The number of nitrogens with zero attached hydrogens (tertiary/aromatic N) is 1. The molecule has 0 aliphatic carbocycles. The van der Waals surface area contributed by atoms with Crippen LogP contribution in [0.2, 0.25) is 0 Å². The molecular weight excluding hydrogens is 326 g/mol. The Hall–Kier alpha value is -1.44. The van der Waals surface area contributed by atoms with Gasteiger partial charge in [0, 0.05) is 25.2 Å². The van der Waals surface area contributed by atoms with Crippen LogP contribution in [0.25, 0.3) is 0 Å². The fourth-order valence-electron chi connectivity index (χ4n) is 3.07. The zero-order chi connectivity index (χ0) is 17.7. The van der Waals surface area contributed by atoms with Crippen LogP contribution in [-0.4, -0.2) is 52.5 Å². The van der Waals surface area contributed by atoms with Gasteiger partial charge in [0.25, 0.3) is 5.91 Å². The first-order valence-corrected chi connectivity index (χ1v) is 9.91. The number of likely N-dealkylation sites (tertiary alicyclic amines) is 1. The Bertz CT molecular complexity index is 680. The van der Waals surface area contributed by atoms with Crippen molar-refractivity contribution in [2.24, 2.45) is 5.92 Å². The maximum absolute atomic E-state index is 12.8. The molecule has 0 saturated carbocycles.